The number of nitrogens with one attached hydrogen (secondary N) is 3. The largest absolute Gasteiger partial charge is 0.350 e. The van der Waals surface area contributed by atoms with Gasteiger partial charge in [0, 0.05) is 16.1 Å². The third kappa shape index (κ3) is 7.08. The van der Waals surface area contributed by atoms with E-state index in [1.165, 1.54) is 6.07 Å². The molecule has 0 fully saturated rings. The fraction of sp³-hybridized carbons (Fsp3) is 0.400. The topological polar surface area (TPSA) is 87.3 Å². The lowest BCUT2D eigenvalue weighted by atomic mass is 10.1. The van der Waals surface area contributed by atoms with Gasteiger partial charge < -0.3 is 16.0 Å². The SMILES string of the molecule is CC(C)(C)NC(=O)CNC(=O)CNC(=O)c1cccc(Cl)c1. The third-order valence-corrected chi connectivity index (χ3v) is 2.69. The molecule has 0 unspecified atom stereocenters. The summed E-state index contributed by atoms with van der Waals surface area (Å²) in [6, 6.07) is 6.40. The minimum atomic E-state index is -0.445. The van der Waals surface area contributed by atoms with Gasteiger partial charge in [-0.1, -0.05) is 17.7 Å². The Morgan fingerprint density at radius 3 is 2.27 bits per heavy atom. The lowest BCUT2D eigenvalue weighted by Crippen LogP contribution is -2.47. The van der Waals surface area contributed by atoms with Crippen molar-refractivity contribution in [2.24, 2.45) is 0 Å². The number of halogens is 1. The molecule has 22 heavy (non-hydrogen) atoms. The lowest BCUT2D eigenvalue weighted by molar-refractivity contribution is -0.126. The van der Waals surface area contributed by atoms with Gasteiger partial charge >= 0.3 is 0 Å². The first kappa shape index (κ1) is 18.0. The van der Waals surface area contributed by atoms with E-state index in [1.807, 2.05) is 20.8 Å². The molecule has 0 aromatic heterocycles. The van der Waals surface area contributed by atoms with Gasteiger partial charge in [0.2, 0.25) is 11.8 Å². The van der Waals surface area contributed by atoms with Crippen molar-refractivity contribution in [2.75, 3.05) is 13.1 Å². The summed E-state index contributed by atoms with van der Waals surface area (Å²) >= 11 is 5.79. The van der Waals surface area contributed by atoms with Crippen LogP contribution in [0.5, 0.6) is 0 Å². The minimum Gasteiger partial charge on any atom is -0.350 e. The predicted octanol–water partition coefficient (Wildman–Crippen LogP) is 1.10. The first-order chi connectivity index (χ1) is 10.2. The van der Waals surface area contributed by atoms with E-state index >= 15 is 0 Å². The van der Waals surface area contributed by atoms with Crippen LogP contribution in [0, 0.1) is 0 Å². The molecule has 7 heteroatoms. The molecule has 1 aromatic rings. The molecule has 3 N–H and O–H groups in total. The predicted molar refractivity (Wildman–Crippen MR) is 84.7 cm³/mol. The molecule has 0 saturated carbocycles. The van der Waals surface area contributed by atoms with Crippen molar-refractivity contribution in [1.29, 1.82) is 0 Å². The number of hydrogen-bond donors (Lipinski definition) is 3. The quantitative estimate of drug-likeness (QED) is 0.757. The van der Waals surface area contributed by atoms with Crippen molar-refractivity contribution in [3.8, 4) is 0 Å². The van der Waals surface area contributed by atoms with E-state index in [0.29, 0.717) is 10.6 Å². The van der Waals surface area contributed by atoms with Crippen molar-refractivity contribution in [2.45, 2.75) is 26.3 Å². The number of amides is 3. The van der Waals surface area contributed by atoms with Crippen LogP contribution in [-0.2, 0) is 9.59 Å². The average Bonchev–Trinajstić information content (AvgIpc) is 2.40. The Hall–Kier alpha value is -2.08. The molecule has 6 nitrogen and oxygen atoms in total. The Labute approximate surface area is 134 Å². The molecule has 0 spiro atoms. The zero-order valence-electron chi connectivity index (χ0n) is 12.8. The summed E-state index contributed by atoms with van der Waals surface area (Å²) < 4.78 is 0. The summed E-state index contributed by atoms with van der Waals surface area (Å²) in [5, 5.41) is 8.04. The smallest absolute Gasteiger partial charge is 0.251 e. The minimum absolute atomic E-state index is 0.136. The summed E-state index contributed by atoms with van der Waals surface area (Å²) in [7, 11) is 0. The van der Waals surface area contributed by atoms with Crippen LogP contribution in [-0.4, -0.2) is 36.3 Å². The highest BCUT2D eigenvalue weighted by Gasteiger charge is 2.14. The van der Waals surface area contributed by atoms with Crippen LogP contribution in [0.15, 0.2) is 24.3 Å². The van der Waals surface area contributed by atoms with Crippen molar-refractivity contribution < 1.29 is 14.4 Å². The van der Waals surface area contributed by atoms with Crippen molar-refractivity contribution >= 4 is 29.3 Å². The van der Waals surface area contributed by atoms with Gasteiger partial charge in [0.25, 0.3) is 5.91 Å². The molecular formula is C15H20ClN3O3. The molecule has 0 atom stereocenters. The normalized spacial score (nSPS) is 10.7. The highest BCUT2D eigenvalue weighted by molar-refractivity contribution is 6.30. The fourth-order valence-corrected chi connectivity index (χ4v) is 1.79. The van der Waals surface area contributed by atoms with E-state index in [-0.39, 0.29) is 24.5 Å². The van der Waals surface area contributed by atoms with Crippen molar-refractivity contribution in [1.82, 2.24) is 16.0 Å². The molecule has 0 bridgehead atoms. The van der Waals surface area contributed by atoms with Gasteiger partial charge in [-0.15, -0.1) is 0 Å². The zero-order chi connectivity index (χ0) is 16.8. The molecule has 0 saturated heterocycles. The van der Waals surface area contributed by atoms with Crippen LogP contribution in [0.2, 0.25) is 5.02 Å². The molecule has 0 aliphatic heterocycles. The van der Waals surface area contributed by atoms with Crippen LogP contribution >= 0.6 is 11.6 Å². The van der Waals surface area contributed by atoms with Gasteiger partial charge in [-0.25, -0.2) is 0 Å². The number of carbonyl (C=O) groups excluding carboxylic acids is 3. The highest BCUT2D eigenvalue weighted by atomic mass is 35.5. The van der Waals surface area contributed by atoms with Crippen LogP contribution in [0.3, 0.4) is 0 Å². The summed E-state index contributed by atoms with van der Waals surface area (Å²) in [4.78, 5) is 34.9. The molecule has 0 radical (unpaired) electrons. The van der Waals surface area contributed by atoms with Gasteiger partial charge in [-0.05, 0) is 39.0 Å². The Kier molecular flexibility index (Phi) is 6.37. The second kappa shape index (κ2) is 7.79. The molecule has 0 aliphatic rings. The number of benzene rings is 1. The number of rotatable bonds is 5. The van der Waals surface area contributed by atoms with Crippen LogP contribution in [0.1, 0.15) is 31.1 Å². The van der Waals surface area contributed by atoms with E-state index in [0.717, 1.165) is 0 Å². The summed E-state index contributed by atoms with van der Waals surface area (Å²) in [5.41, 5.74) is 0.00793. The Bertz CT molecular complexity index is 567. The average molecular weight is 326 g/mol. The molecular weight excluding hydrogens is 306 g/mol. The Morgan fingerprint density at radius 1 is 1.05 bits per heavy atom. The van der Waals surface area contributed by atoms with Crippen LogP contribution in [0.25, 0.3) is 0 Å². The summed E-state index contributed by atoms with van der Waals surface area (Å²) in [6.45, 7) is 5.19. The Balaban J connectivity index is 2.34. The highest BCUT2D eigenvalue weighted by Crippen LogP contribution is 2.10. The van der Waals surface area contributed by atoms with E-state index in [4.69, 9.17) is 11.6 Å². The number of carbonyl (C=O) groups is 3. The molecule has 1 aromatic carbocycles. The van der Waals surface area contributed by atoms with E-state index in [1.54, 1.807) is 18.2 Å². The fourth-order valence-electron chi connectivity index (χ4n) is 1.60. The van der Waals surface area contributed by atoms with Crippen molar-refractivity contribution in [3.05, 3.63) is 34.9 Å². The van der Waals surface area contributed by atoms with E-state index in [9.17, 15) is 14.4 Å². The van der Waals surface area contributed by atoms with Crippen LogP contribution < -0.4 is 16.0 Å². The van der Waals surface area contributed by atoms with Gasteiger partial charge in [0.05, 0.1) is 13.1 Å². The first-order valence-electron chi connectivity index (χ1n) is 6.79. The second-order valence-electron chi connectivity index (χ2n) is 5.77. The molecule has 1 rings (SSSR count). The van der Waals surface area contributed by atoms with Gasteiger partial charge in [-0.2, -0.15) is 0 Å². The van der Waals surface area contributed by atoms with Gasteiger partial charge in [0.15, 0.2) is 0 Å². The second-order valence-corrected chi connectivity index (χ2v) is 6.20. The number of hydrogen-bond acceptors (Lipinski definition) is 3. The maximum atomic E-state index is 11.8. The van der Waals surface area contributed by atoms with E-state index < -0.39 is 11.8 Å². The monoisotopic (exact) mass is 325 g/mol. The molecule has 120 valence electrons. The van der Waals surface area contributed by atoms with Crippen molar-refractivity contribution in [3.63, 3.8) is 0 Å². The zero-order valence-corrected chi connectivity index (χ0v) is 13.6. The maximum Gasteiger partial charge on any atom is 0.251 e. The molecule has 3 amide bonds. The first-order valence-corrected chi connectivity index (χ1v) is 7.16. The molecule has 0 heterocycles. The Morgan fingerprint density at radius 2 is 1.68 bits per heavy atom. The lowest BCUT2D eigenvalue weighted by Gasteiger charge is -2.20. The third-order valence-electron chi connectivity index (χ3n) is 2.46. The van der Waals surface area contributed by atoms with Gasteiger partial charge in [-0.3, -0.25) is 14.4 Å². The summed E-state index contributed by atoms with van der Waals surface area (Å²) in [6.07, 6.45) is 0. The van der Waals surface area contributed by atoms with E-state index in [2.05, 4.69) is 16.0 Å². The molecule has 0 aliphatic carbocycles. The van der Waals surface area contributed by atoms with Gasteiger partial charge in [0.1, 0.15) is 0 Å². The summed E-state index contributed by atoms with van der Waals surface area (Å²) in [5.74, 6) is -1.14. The standard InChI is InChI=1S/C15H20ClN3O3/c1-15(2,3)19-13(21)9-17-12(20)8-18-14(22)10-5-4-6-11(16)7-10/h4-7H,8-9H2,1-3H3,(H,17,20)(H,18,22)(H,19,21). The van der Waals surface area contributed by atoms with Crippen LogP contribution in [0.4, 0.5) is 0 Å². The maximum absolute atomic E-state index is 11.8.